The molecule has 0 unspecified atom stereocenters. The van der Waals surface area contributed by atoms with Crippen molar-refractivity contribution in [2.45, 2.75) is 0 Å². The van der Waals surface area contributed by atoms with Crippen molar-refractivity contribution in [3.05, 3.63) is 66.6 Å². The summed E-state index contributed by atoms with van der Waals surface area (Å²) >= 11 is 1.72. The molecule has 6 rings (SSSR count). The molecule has 9 heteroatoms. The molecule has 0 bridgehead atoms. The Morgan fingerprint density at radius 2 is 1.91 bits per heavy atom. The van der Waals surface area contributed by atoms with Gasteiger partial charge in [-0.15, -0.1) is 11.3 Å². The van der Waals surface area contributed by atoms with Crippen LogP contribution in [0.1, 0.15) is 0 Å². The van der Waals surface area contributed by atoms with Crippen LogP contribution in [0.25, 0.3) is 55.0 Å². The third-order valence-electron chi connectivity index (χ3n) is 5.85. The third kappa shape index (κ3) is 4.16. The highest BCUT2D eigenvalue weighted by atomic mass is 32.1. The van der Waals surface area contributed by atoms with Crippen LogP contribution in [0.15, 0.2) is 66.6 Å². The fraction of sp³-hybridized carbons (Fsp3) is 0.154. The van der Waals surface area contributed by atoms with Gasteiger partial charge in [-0.3, -0.25) is 10.1 Å². The number of H-pyrrole nitrogens is 2. The Bertz CT molecular complexity index is 1620. The van der Waals surface area contributed by atoms with Crippen molar-refractivity contribution in [2.75, 3.05) is 27.2 Å². The molecule has 0 atom stereocenters. The van der Waals surface area contributed by atoms with E-state index in [0.717, 1.165) is 56.8 Å². The van der Waals surface area contributed by atoms with Crippen molar-refractivity contribution in [2.24, 2.45) is 0 Å². The largest absolute Gasteiger partial charge is 0.491 e. The first-order valence-corrected chi connectivity index (χ1v) is 12.1. The number of rotatable bonds is 7. The molecule has 174 valence electrons. The van der Waals surface area contributed by atoms with Gasteiger partial charge < -0.3 is 14.6 Å². The van der Waals surface area contributed by atoms with Crippen molar-refractivity contribution in [3.63, 3.8) is 0 Å². The number of nitrogens with zero attached hydrogens (tertiary/aromatic N) is 5. The summed E-state index contributed by atoms with van der Waals surface area (Å²) < 4.78 is 5.87. The predicted molar refractivity (Wildman–Crippen MR) is 140 cm³/mol. The molecular formula is C26H23N7OS. The summed E-state index contributed by atoms with van der Waals surface area (Å²) in [6, 6.07) is 12.4. The average Bonchev–Trinajstić information content (AvgIpc) is 3.62. The quantitative estimate of drug-likeness (QED) is 0.324. The highest BCUT2D eigenvalue weighted by molar-refractivity contribution is 7.13. The minimum absolute atomic E-state index is 0.600. The monoisotopic (exact) mass is 481 g/mol. The van der Waals surface area contributed by atoms with Crippen LogP contribution < -0.4 is 4.74 Å². The zero-order valence-corrected chi connectivity index (χ0v) is 20.1. The molecule has 0 aliphatic carbocycles. The van der Waals surface area contributed by atoms with E-state index < -0.39 is 0 Å². The maximum Gasteiger partial charge on any atom is 0.181 e. The standard InChI is InChI=1S/C26H23N7OS/c1-33(2)7-8-34-18-10-16(13-27-15-18)17-11-21-24(31-32-26(21)29-14-17)22-12-20-19(23-4-3-9-35-23)5-6-28-25(20)30-22/h3-6,9-15H,7-8H2,1-2H3,(H,28,30)(H,29,31,32). The summed E-state index contributed by atoms with van der Waals surface area (Å²) in [4.78, 5) is 20.2. The van der Waals surface area contributed by atoms with Crippen LogP contribution in [0.4, 0.5) is 0 Å². The van der Waals surface area contributed by atoms with Gasteiger partial charge in [0.15, 0.2) is 5.65 Å². The zero-order valence-electron chi connectivity index (χ0n) is 19.3. The molecule has 0 amide bonds. The van der Waals surface area contributed by atoms with E-state index in [1.54, 1.807) is 17.5 Å². The molecule has 0 saturated heterocycles. The number of thiophene rings is 1. The lowest BCUT2D eigenvalue weighted by atomic mass is 10.1. The number of nitrogens with one attached hydrogen (secondary N) is 2. The van der Waals surface area contributed by atoms with Crippen LogP contribution in [0, 0.1) is 0 Å². The lowest BCUT2D eigenvalue weighted by molar-refractivity contribution is 0.261. The first-order valence-electron chi connectivity index (χ1n) is 11.2. The smallest absolute Gasteiger partial charge is 0.181 e. The van der Waals surface area contributed by atoms with Crippen LogP contribution in [0.2, 0.25) is 0 Å². The van der Waals surface area contributed by atoms with Gasteiger partial charge in [-0.1, -0.05) is 6.07 Å². The van der Waals surface area contributed by atoms with Crippen LogP contribution in [-0.4, -0.2) is 62.3 Å². The summed E-state index contributed by atoms with van der Waals surface area (Å²) in [6.07, 6.45) is 7.21. The van der Waals surface area contributed by atoms with E-state index >= 15 is 0 Å². The highest BCUT2D eigenvalue weighted by Crippen LogP contribution is 2.35. The van der Waals surface area contributed by atoms with Crippen LogP contribution in [0.5, 0.6) is 5.75 Å². The average molecular weight is 482 g/mol. The molecule has 6 aromatic heterocycles. The molecule has 0 radical (unpaired) electrons. The number of pyridine rings is 3. The number of aromatic nitrogens is 6. The second-order valence-electron chi connectivity index (χ2n) is 8.54. The van der Waals surface area contributed by atoms with Gasteiger partial charge in [0.25, 0.3) is 0 Å². The van der Waals surface area contributed by atoms with Gasteiger partial charge in [0.2, 0.25) is 0 Å². The van der Waals surface area contributed by atoms with E-state index in [9.17, 15) is 0 Å². The van der Waals surface area contributed by atoms with Crippen molar-refractivity contribution in [1.82, 2.24) is 35.0 Å². The summed E-state index contributed by atoms with van der Waals surface area (Å²) in [6.45, 7) is 1.44. The van der Waals surface area contributed by atoms with E-state index in [0.29, 0.717) is 12.3 Å². The second-order valence-corrected chi connectivity index (χ2v) is 9.48. The molecule has 6 aromatic rings. The fourth-order valence-electron chi connectivity index (χ4n) is 4.07. The van der Waals surface area contributed by atoms with Crippen LogP contribution in [-0.2, 0) is 0 Å². The lowest BCUT2D eigenvalue weighted by Gasteiger charge is -2.11. The topological polar surface area (TPSA) is 95.6 Å². The normalized spacial score (nSPS) is 11.6. The Morgan fingerprint density at radius 3 is 2.77 bits per heavy atom. The molecular weight excluding hydrogens is 458 g/mol. The van der Waals surface area contributed by atoms with Crippen molar-refractivity contribution < 1.29 is 4.74 Å². The Hall–Kier alpha value is -4.08. The van der Waals surface area contributed by atoms with Gasteiger partial charge >= 0.3 is 0 Å². The summed E-state index contributed by atoms with van der Waals surface area (Å²) in [5, 5.41) is 11.7. The molecule has 0 spiro atoms. The van der Waals surface area contributed by atoms with Gasteiger partial charge in [-0.05, 0) is 49.8 Å². The van der Waals surface area contributed by atoms with E-state index in [1.165, 1.54) is 4.88 Å². The minimum Gasteiger partial charge on any atom is -0.491 e. The number of likely N-dealkylation sites (N-methyl/N-ethyl adjacent to an activating group) is 1. The van der Waals surface area contributed by atoms with Gasteiger partial charge in [0.05, 0.1) is 17.6 Å². The minimum atomic E-state index is 0.600. The van der Waals surface area contributed by atoms with Crippen LogP contribution >= 0.6 is 11.3 Å². The Morgan fingerprint density at radius 1 is 1.00 bits per heavy atom. The predicted octanol–water partition coefficient (Wildman–Crippen LogP) is 5.23. The van der Waals surface area contributed by atoms with Gasteiger partial charge in [0, 0.05) is 57.5 Å². The molecule has 0 aliphatic heterocycles. The zero-order chi connectivity index (χ0) is 23.8. The maximum absolute atomic E-state index is 5.87. The lowest BCUT2D eigenvalue weighted by Crippen LogP contribution is -2.19. The van der Waals surface area contributed by atoms with E-state index in [4.69, 9.17) is 4.74 Å². The molecule has 0 aliphatic rings. The van der Waals surface area contributed by atoms with E-state index in [2.05, 4.69) is 70.7 Å². The molecule has 35 heavy (non-hydrogen) atoms. The fourth-order valence-corrected chi connectivity index (χ4v) is 4.84. The van der Waals surface area contributed by atoms with Crippen molar-refractivity contribution in [1.29, 1.82) is 0 Å². The Kier molecular flexibility index (Phi) is 5.48. The molecule has 8 nitrogen and oxygen atoms in total. The first kappa shape index (κ1) is 21.5. The number of aromatic amines is 2. The van der Waals surface area contributed by atoms with Crippen molar-refractivity contribution >= 4 is 33.4 Å². The van der Waals surface area contributed by atoms with E-state index in [1.807, 2.05) is 38.8 Å². The summed E-state index contributed by atoms with van der Waals surface area (Å²) in [5.41, 5.74) is 6.32. The molecule has 2 N–H and O–H groups in total. The molecule has 0 saturated carbocycles. The maximum atomic E-state index is 5.87. The summed E-state index contributed by atoms with van der Waals surface area (Å²) in [7, 11) is 4.04. The van der Waals surface area contributed by atoms with Crippen LogP contribution in [0.3, 0.4) is 0 Å². The highest BCUT2D eigenvalue weighted by Gasteiger charge is 2.15. The second kappa shape index (κ2) is 8.94. The van der Waals surface area contributed by atoms with Gasteiger partial charge in [-0.25, -0.2) is 9.97 Å². The Balaban J connectivity index is 1.38. The number of fused-ring (bicyclic) bond motifs is 2. The third-order valence-corrected chi connectivity index (χ3v) is 6.75. The number of hydrogen-bond acceptors (Lipinski definition) is 7. The van der Waals surface area contributed by atoms with Gasteiger partial charge in [0.1, 0.15) is 18.0 Å². The van der Waals surface area contributed by atoms with Crippen molar-refractivity contribution in [3.8, 4) is 38.7 Å². The SMILES string of the molecule is CN(C)CCOc1cncc(-c2cnc3n[nH]c(-c4cc5c(-c6cccs6)ccnc5[nH]4)c3c2)c1. The molecule has 0 fully saturated rings. The summed E-state index contributed by atoms with van der Waals surface area (Å²) in [5.74, 6) is 0.736. The molecule has 0 aromatic carbocycles. The Labute approximate surface area is 205 Å². The first-order chi connectivity index (χ1) is 17.2. The number of hydrogen-bond donors (Lipinski definition) is 2. The van der Waals surface area contributed by atoms with Gasteiger partial charge in [-0.2, -0.15) is 5.10 Å². The molecule has 6 heterocycles. The number of ether oxygens (including phenoxy) is 1. The van der Waals surface area contributed by atoms with E-state index in [-0.39, 0.29) is 0 Å².